The molecule has 1 aliphatic rings. The number of carbonyl (C=O) groups is 4. The van der Waals surface area contributed by atoms with E-state index >= 15 is 0 Å². The SMILES string of the molecule is CCC[C@H](NC(=O)[C@@H]1CCCCN1C(=O)[C@@H](NC(=O)COc1ccc(OCC(=O)O)cc1)C(C)(C)C)P(=O)(OOc1ccc(SC)cc1)OOc1ccc(SC)cc1. The maximum absolute atomic E-state index is 14.6. The second-order valence-corrected chi connectivity index (χ2v) is 18.1. The lowest BCUT2D eigenvalue weighted by molar-refractivity contribution is -0.174. The highest BCUT2D eigenvalue weighted by molar-refractivity contribution is 7.98. The lowest BCUT2D eigenvalue weighted by Gasteiger charge is -2.40. The number of nitrogens with one attached hydrogen (secondary N) is 2. The van der Waals surface area contributed by atoms with E-state index in [4.69, 9.17) is 33.7 Å². The number of thioether (sulfide) groups is 2. The van der Waals surface area contributed by atoms with Gasteiger partial charge in [-0.2, -0.15) is 0 Å². The molecule has 4 rings (SSSR count). The molecule has 1 fully saturated rings. The number of piperidine rings is 1. The molecule has 1 saturated heterocycles. The van der Waals surface area contributed by atoms with Gasteiger partial charge in [-0.1, -0.05) is 43.5 Å². The van der Waals surface area contributed by atoms with Crippen LogP contribution in [0.2, 0.25) is 0 Å². The van der Waals surface area contributed by atoms with Crippen LogP contribution in [0.4, 0.5) is 0 Å². The molecule has 0 saturated carbocycles. The minimum absolute atomic E-state index is 0.145. The first-order chi connectivity index (χ1) is 27.6. The summed E-state index contributed by atoms with van der Waals surface area (Å²) in [5.41, 5.74) is -0.771. The van der Waals surface area contributed by atoms with Gasteiger partial charge in [-0.15, -0.1) is 23.5 Å². The number of ether oxygens (including phenoxy) is 2. The van der Waals surface area contributed by atoms with Crippen molar-refractivity contribution < 1.29 is 57.4 Å². The summed E-state index contributed by atoms with van der Waals surface area (Å²) in [4.78, 5) is 66.9. The molecule has 1 heterocycles. The molecule has 1 aliphatic heterocycles. The van der Waals surface area contributed by atoms with Crippen molar-refractivity contribution in [2.45, 2.75) is 87.5 Å². The largest absolute Gasteiger partial charge is 0.484 e. The minimum Gasteiger partial charge on any atom is -0.484 e. The van der Waals surface area contributed by atoms with Gasteiger partial charge in [0.25, 0.3) is 5.91 Å². The maximum atomic E-state index is 14.6. The van der Waals surface area contributed by atoms with Gasteiger partial charge in [0.15, 0.2) is 24.7 Å². The summed E-state index contributed by atoms with van der Waals surface area (Å²) in [6.45, 7) is 6.58. The van der Waals surface area contributed by atoms with Crippen molar-refractivity contribution in [1.82, 2.24) is 15.5 Å². The van der Waals surface area contributed by atoms with Crippen molar-refractivity contribution in [3.63, 3.8) is 0 Å². The topological polar surface area (TPSA) is 188 Å². The summed E-state index contributed by atoms with van der Waals surface area (Å²) in [6, 6.07) is 17.9. The van der Waals surface area contributed by atoms with Crippen molar-refractivity contribution >= 4 is 54.8 Å². The van der Waals surface area contributed by atoms with Crippen LogP contribution < -0.4 is 29.9 Å². The Morgan fingerprint density at radius 2 is 1.29 bits per heavy atom. The molecule has 0 bridgehead atoms. The van der Waals surface area contributed by atoms with E-state index in [1.165, 1.54) is 52.7 Å². The lowest BCUT2D eigenvalue weighted by Crippen LogP contribution is -2.61. The zero-order valence-corrected chi connectivity index (χ0v) is 36.0. The van der Waals surface area contributed by atoms with E-state index in [1.807, 2.05) is 19.4 Å². The zero-order valence-electron chi connectivity index (χ0n) is 33.5. The average molecular weight is 862 g/mol. The summed E-state index contributed by atoms with van der Waals surface area (Å²) in [5.74, 6) is -2.82. The van der Waals surface area contributed by atoms with Gasteiger partial charge in [-0.25, -0.2) is 4.79 Å². The second-order valence-electron chi connectivity index (χ2n) is 14.4. The molecular formula is C40H52N3O12PS2. The standard InChI is InChI=1S/C40H52N3O12PS2/c1-7-10-35(56(49,54-52-29-16-20-31(57-5)21-17-29)55-53-30-18-22-32(58-6)23-19-30)42-38(47)33-11-8-9-24-43(33)39(48)37(40(2,3)4)41-34(44)25-50-27-12-14-28(15-13-27)51-26-36(45)46/h12-23,33,35,37H,7-11,24-26H2,1-6H3,(H,41,44)(H,42,47)(H,45,46)/t33-,35+,37+/m0/s1. The van der Waals surface area contributed by atoms with E-state index in [0.29, 0.717) is 37.2 Å². The molecule has 0 radical (unpaired) electrons. The van der Waals surface area contributed by atoms with Crippen LogP contribution in [0, 0.1) is 5.41 Å². The molecule has 0 unspecified atom stereocenters. The van der Waals surface area contributed by atoms with Gasteiger partial charge >= 0.3 is 13.6 Å². The molecule has 0 aromatic heterocycles. The number of likely N-dealkylation sites (tertiary alicyclic amines) is 1. The van der Waals surface area contributed by atoms with E-state index in [9.17, 15) is 23.7 Å². The smallest absolute Gasteiger partial charge is 0.426 e. The monoisotopic (exact) mass is 861 g/mol. The van der Waals surface area contributed by atoms with Crippen LogP contribution in [0.3, 0.4) is 0 Å². The molecule has 0 aliphatic carbocycles. The number of rotatable bonds is 21. The molecule has 3 aromatic carbocycles. The van der Waals surface area contributed by atoms with Crippen molar-refractivity contribution in [1.29, 1.82) is 0 Å². The molecule has 0 spiro atoms. The summed E-state index contributed by atoms with van der Waals surface area (Å²) < 4.78 is 36.5. The number of carboxylic acids is 1. The van der Waals surface area contributed by atoms with Gasteiger partial charge in [0.2, 0.25) is 11.8 Å². The maximum Gasteiger partial charge on any atom is 0.426 e. The minimum atomic E-state index is -4.46. The van der Waals surface area contributed by atoms with Gasteiger partial charge < -0.3 is 39.9 Å². The fourth-order valence-corrected chi connectivity index (χ4v) is 8.11. The van der Waals surface area contributed by atoms with E-state index < -0.39 is 67.8 Å². The molecular weight excluding hydrogens is 810 g/mol. The number of nitrogens with zero attached hydrogens (tertiary/aromatic N) is 1. The van der Waals surface area contributed by atoms with Crippen LogP contribution in [0.25, 0.3) is 0 Å². The number of hydrogen-bond acceptors (Lipinski definition) is 13. The Kier molecular flexibility index (Phi) is 17.6. The Hall–Kier alpha value is -4.41. The quantitative estimate of drug-likeness (QED) is 0.0418. The fourth-order valence-electron chi connectivity index (χ4n) is 5.82. The predicted octanol–water partition coefficient (Wildman–Crippen LogP) is 7.34. The molecule has 3 amide bonds. The third-order valence-electron chi connectivity index (χ3n) is 8.91. The summed E-state index contributed by atoms with van der Waals surface area (Å²) in [7, 11) is -4.46. The Labute approximate surface area is 347 Å². The summed E-state index contributed by atoms with van der Waals surface area (Å²) in [5, 5.41) is 14.4. The lowest BCUT2D eigenvalue weighted by atomic mass is 9.84. The number of carboxylic acid groups (broad SMARTS) is 1. The van der Waals surface area contributed by atoms with Crippen molar-refractivity contribution in [3.05, 3.63) is 72.8 Å². The van der Waals surface area contributed by atoms with Crippen LogP contribution >= 0.6 is 31.1 Å². The average Bonchev–Trinajstić information content (AvgIpc) is 3.22. The van der Waals surface area contributed by atoms with E-state index in [1.54, 1.807) is 69.3 Å². The van der Waals surface area contributed by atoms with Crippen molar-refractivity contribution in [2.24, 2.45) is 5.41 Å². The summed E-state index contributed by atoms with van der Waals surface area (Å²) in [6.07, 6.45) is 6.06. The Bertz CT molecular complexity index is 1800. The highest BCUT2D eigenvalue weighted by Gasteiger charge is 2.45. The third kappa shape index (κ3) is 13.9. The summed E-state index contributed by atoms with van der Waals surface area (Å²) >= 11 is 3.07. The van der Waals surface area contributed by atoms with Crippen LogP contribution in [-0.4, -0.2) is 83.8 Å². The highest BCUT2D eigenvalue weighted by atomic mass is 32.2. The first-order valence-corrected chi connectivity index (χ1v) is 22.8. The van der Waals surface area contributed by atoms with Gasteiger partial charge in [0.1, 0.15) is 29.4 Å². The second kappa shape index (κ2) is 22.1. The Balaban J connectivity index is 1.49. The molecule has 58 heavy (non-hydrogen) atoms. The van der Waals surface area contributed by atoms with Gasteiger partial charge in [-0.3, -0.25) is 18.9 Å². The Morgan fingerprint density at radius 3 is 1.76 bits per heavy atom. The number of aliphatic carboxylic acids is 1. The molecule has 15 nitrogen and oxygen atoms in total. The normalized spacial score (nSPS) is 15.4. The number of carbonyl (C=O) groups excluding carboxylic acids is 3. The van der Waals surface area contributed by atoms with Crippen molar-refractivity contribution in [3.8, 4) is 23.0 Å². The van der Waals surface area contributed by atoms with E-state index in [2.05, 4.69) is 10.6 Å². The first-order valence-electron chi connectivity index (χ1n) is 18.7. The van der Waals surface area contributed by atoms with Crippen LogP contribution in [0.5, 0.6) is 23.0 Å². The number of amides is 3. The highest BCUT2D eigenvalue weighted by Crippen LogP contribution is 2.54. The Morgan fingerprint density at radius 1 is 0.793 bits per heavy atom. The molecule has 3 atom stereocenters. The van der Waals surface area contributed by atoms with Crippen LogP contribution in [-0.2, 0) is 33.1 Å². The van der Waals surface area contributed by atoms with Crippen LogP contribution in [0.1, 0.15) is 59.8 Å². The molecule has 3 aromatic rings. The first kappa shape index (κ1) is 46.3. The molecule has 3 N–H and O–H groups in total. The number of hydrogen-bond donors (Lipinski definition) is 3. The van der Waals surface area contributed by atoms with Crippen molar-refractivity contribution in [2.75, 3.05) is 32.3 Å². The number of benzene rings is 3. The zero-order chi connectivity index (χ0) is 42.3. The van der Waals surface area contributed by atoms with Crippen LogP contribution in [0.15, 0.2) is 82.6 Å². The van der Waals surface area contributed by atoms with E-state index in [-0.39, 0.29) is 24.5 Å². The van der Waals surface area contributed by atoms with Gasteiger partial charge in [0, 0.05) is 16.3 Å². The fraction of sp³-hybridized carbons (Fsp3) is 0.450. The van der Waals surface area contributed by atoms with Gasteiger partial charge in [0.05, 0.1) is 0 Å². The van der Waals surface area contributed by atoms with E-state index in [0.717, 1.165) is 9.79 Å². The predicted molar refractivity (Wildman–Crippen MR) is 220 cm³/mol. The molecule has 18 heteroatoms. The third-order valence-corrected chi connectivity index (χ3v) is 12.1. The van der Waals surface area contributed by atoms with Gasteiger partial charge in [-0.05, 0) is 116 Å². The molecule has 316 valence electrons.